The van der Waals surface area contributed by atoms with Crippen LogP contribution in [-0.2, 0) is 29.8 Å². The minimum Gasteiger partial charge on any atom is -0.284 e. The average molecular weight is 296 g/mol. The van der Waals surface area contributed by atoms with Gasteiger partial charge >= 0.3 is 10.4 Å². The number of aryl methyl sites for hydroxylation is 1. The first-order chi connectivity index (χ1) is 7.88. The van der Waals surface area contributed by atoms with E-state index in [1.54, 1.807) is 18.2 Å². The highest BCUT2D eigenvalue weighted by molar-refractivity contribution is 7.81. The van der Waals surface area contributed by atoms with E-state index in [0.717, 1.165) is 5.56 Å². The predicted molar refractivity (Wildman–Crippen MR) is 67.8 cm³/mol. The zero-order chi connectivity index (χ0) is 12.9. The third kappa shape index (κ3) is 6.82. The van der Waals surface area contributed by atoms with Crippen LogP contribution in [0.5, 0.6) is 0 Å². The summed E-state index contributed by atoms with van der Waals surface area (Å²) < 4.78 is 49.0. The minimum atomic E-state index is -4.47. The molecular formula is C10H16O6S2. The standard InChI is InChI=1S/C9H12O6S2.CH4/c1-8-3-2-4-9(7-8)16(10)14-5-6-15-17(11,12)13;/h2-4,7H,5-6H2,1H3,(H,11,12,13);1H4. The Hall–Kier alpha value is -0.800. The maximum absolute atomic E-state index is 11.5. The summed E-state index contributed by atoms with van der Waals surface area (Å²) in [7, 11) is -4.47. The Balaban J connectivity index is 0.00000289. The summed E-state index contributed by atoms with van der Waals surface area (Å²) in [6, 6.07) is 6.91. The molecule has 1 atom stereocenters. The van der Waals surface area contributed by atoms with Gasteiger partial charge in [-0.2, -0.15) is 8.42 Å². The third-order valence-electron chi connectivity index (χ3n) is 1.69. The van der Waals surface area contributed by atoms with Crippen molar-refractivity contribution in [1.29, 1.82) is 0 Å². The summed E-state index contributed by atoms with van der Waals surface area (Å²) in [5.41, 5.74) is 0.939. The topological polar surface area (TPSA) is 89.9 Å². The maximum Gasteiger partial charge on any atom is 0.397 e. The van der Waals surface area contributed by atoms with Crippen LogP contribution in [0.4, 0.5) is 0 Å². The van der Waals surface area contributed by atoms with Crippen molar-refractivity contribution in [2.24, 2.45) is 0 Å². The molecule has 0 saturated carbocycles. The van der Waals surface area contributed by atoms with Crippen LogP contribution in [0.25, 0.3) is 0 Å². The molecule has 1 unspecified atom stereocenters. The normalized spacial score (nSPS) is 12.8. The van der Waals surface area contributed by atoms with Crippen LogP contribution in [0, 0.1) is 6.92 Å². The van der Waals surface area contributed by atoms with Gasteiger partial charge in [-0.25, -0.2) is 8.39 Å². The Morgan fingerprint density at radius 1 is 1.33 bits per heavy atom. The zero-order valence-corrected chi connectivity index (χ0v) is 10.7. The predicted octanol–water partition coefficient (Wildman–Crippen LogP) is 1.49. The highest BCUT2D eigenvalue weighted by atomic mass is 32.3. The number of hydrogen-bond donors (Lipinski definition) is 1. The van der Waals surface area contributed by atoms with Gasteiger partial charge < -0.3 is 0 Å². The molecule has 1 aromatic carbocycles. The highest BCUT2D eigenvalue weighted by Crippen LogP contribution is 2.09. The second-order valence-electron chi connectivity index (χ2n) is 3.12. The molecule has 0 fully saturated rings. The van der Waals surface area contributed by atoms with Crippen molar-refractivity contribution in [3.8, 4) is 0 Å². The van der Waals surface area contributed by atoms with Gasteiger partial charge in [0.25, 0.3) is 0 Å². The Morgan fingerprint density at radius 3 is 2.56 bits per heavy atom. The van der Waals surface area contributed by atoms with Crippen molar-refractivity contribution < 1.29 is 25.5 Å². The van der Waals surface area contributed by atoms with E-state index in [9.17, 15) is 12.6 Å². The van der Waals surface area contributed by atoms with Crippen molar-refractivity contribution in [2.75, 3.05) is 13.2 Å². The van der Waals surface area contributed by atoms with Crippen molar-refractivity contribution in [3.63, 3.8) is 0 Å². The van der Waals surface area contributed by atoms with E-state index in [-0.39, 0.29) is 14.0 Å². The monoisotopic (exact) mass is 296 g/mol. The first kappa shape index (κ1) is 17.2. The number of rotatable bonds is 6. The molecule has 1 N–H and O–H groups in total. The van der Waals surface area contributed by atoms with Crippen molar-refractivity contribution >= 4 is 21.5 Å². The van der Waals surface area contributed by atoms with Crippen LogP contribution in [0.3, 0.4) is 0 Å². The second-order valence-corrected chi connectivity index (χ2v) is 5.39. The molecule has 0 aromatic heterocycles. The van der Waals surface area contributed by atoms with E-state index >= 15 is 0 Å². The summed E-state index contributed by atoms with van der Waals surface area (Å²) in [5, 5.41) is 0. The maximum atomic E-state index is 11.5. The average Bonchev–Trinajstić information content (AvgIpc) is 2.23. The van der Waals surface area contributed by atoms with Gasteiger partial charge in [-0.15, -0.1) is 0 Å². The molecule has 0 aliphatic heterocycles. The van der Waals surface area contributed by atoms with Crippen molar-refractivity contribution in [2.45, 2.75) is 19.2 Å². The SMILES string of the molecule is C.Cc1cccc(S(=O)OCCOS(=O)(=O)O)c1. The van der Waals surface area contributed by atoms with Gasteiger partial charge in [-0.1, -0.05) is 19.6 Å². The fraction of sp³-hybridized carbons (Fsp3) is 0.400. The quantitative estimate of drug-likeness (QED) is 0.632. The van der Waals surface area contributed by atoms with Gasteiger partial charge in [0, 0.05) is 0 Å². The molecular weight excluding hydrogens is 280 g/mol. The van der Waals surface area contributed by atoms with Crippen LogP contribution < -0.4 is 0 Å². The van der Waals surface area contributed by atoms with Gasteiger partial charge in [-0.05, 0) is 24.6 Å². The van der Waals surface area contributed by atoms with Crippen LogP contribution in [-0.4, -0.2) is 30.4 Å². The Kier molecular flexibility index (Phi) is 7.26. The molecule has 104 valence electrons. The molecule has 0 heterocycles. The summed E-state index contributed by atoms with van der Waals surface area (Å²) in [5.74, 6) is 0. The summed E-state index contributed by atoms with van der Waals surface area (Å²) in [4.78, 5) is 0.483. The van der Waals surface area contributed by atoms with Gasteiger partial charge in [-0.3, -0.25) is 8.74 Å². The van der Waals surface area contributed by atoms with E-state index in [0.29, 0.717) is 4.90 Å². The first-order valence-electron chi connectivity index (χ1n) is 4.62. The largest absolute Gasteiger partial charge is 0.397 e. The molecule has 0 aliphatic carbocycles. The first-order valence-corrected chi connectivity index (χ1v) is 7.06. The molecule has 1 rings (SSSR count). The lowest BCUT2D eigenvalue weighted by Gasteiger charge is -2.03. The molecule has 6 nitrogen and oxygen atoms in total. The van der Waals surface area contributed by atoms with E-state index in [1.807, 2.05) is 13.0 Å². The molecule has 8 heteroatoms. The second kappa shape index (κ2) is 7.59. The minimum absolute atomic E-state index is 0. The van der Waals surface area contributed by atoms with Gasteiger partial charge in [0.15, 0.2) is 11.1 Å². The van der Waals surface area contributed by atoms with Gasteiger partial charge in [0.05, 0.1) is 18.1 Å². The molecule has 0 aliphatic rings. The Bertz CT molecular complexity index is 497. The van der Waals surface area contributed by atoms with Crippen molar-refractivity contribution in [1.82, 2.24) is 0 Å². The van der Waals surface area contributed by atoms with Gasteiger partial charge in [0.2, 0.25) is 0 Å². The number of benzene rings is 1. The molecule has 0 bridgehead atoms. The number of hydrogen-bond acceptors (Lipinski definition) is 5. The van der Waals surface area contributed by atoms with Gasteiger partial charge in [0.1, 0.15) is 0 Å². The summed E-state index contributed by atoms with van der Waals surface area (Å²) in [6.07, 6.45) is 0. The van der Waals surface area contributed by atoms with Crippen LogP contribution in [0.1, 0.15) is 13.0 Å². The Labute approximate surface area is 110 Å². The van der Waals surface area contributed by atoms with Crippen molar-refractivity contribution in [3.05, 3.63) is 29.8 Å². The molecule has 1 aromatic rings. The third-order valence-corrected chi connectivity index (χ3v) is 3.17. The lowest BCUT2D eigenvalue weighted by Crippen LogP contribution is -2.11. The molecule has 18 heavy (non-hydrogen) atoms. The fourth-order valence-electron chi connectivity index (χ4n) is 1.04. The molecule has 0 amide bonds. The fourth-order valence-corrected chi connectivity index (χ4v) is 2.14. The molecule has 0 spiro atoms. The lowest BCUT2D eigenvalue weighted by molar-refractivity contribution is 0.212. The van der Waals surface area contributed by atoms with E-state index in [2.05, 4.69) is 4.18 Å². The van der Waals surface area contributed by atoms with Crippen LogP contribution in [0.15, 0.2) is 29.2 Å². The lowest BCUT2D eigenvalue weighted by atomic mass is 10.2. The van der Waals surface area contributed by atoms with Crippen LogP contribution >= 0.6 is 0 Å². The van der Waals surface area contributed by atoms with Crippen LogP contribution in [0.2, 0.25) is 0 Å². The van der Waals surface area contributed by atoms with E-state index in [4.69, 9.17) is 8.74 Å². The highest BCUT2D eigenvalue weighted by Gasteiger charge is 2.07. The Morgan fingerprint density at radius 2 is 2.00 bits per heavy atom. The van der Waals surface area contributed by atoms with E-state index < -0.39 is 28.1 Å². The smallest absolute Gasteiger partial charge is 0.284 e. The summed E-state index contributed by atoms with van der Waals surface area (Å²) >= 11 is -1.68. The van der Waals surface area contributed by atoms with E-state index in [1.165, 1.54) is 0 Å². The molecule has 0 saturated heterocycles. The molecule has 0 radical (unpaired) electrons. The zero-order valence-electron chi connectivity index (χ0n) is 9.03. The summed E-state index contributed by atoms with van der Waals surface area (Å²) in [6.45, 7) is 1.25.